The largest absolute Gasteiger partial charge is 0.480 e. The zero-order chi connectivity index (χ0) is 17.0. The first-order chi connectivity index (χ1) is 10.9. The predicted molar refractivity (Wildman–Crippen MR) is 101 cm³/mol. The first-order valence-electron chi connectivity index (χ1n) is 7.40. The fourth-order valence-corrected chi connectivity index (χ4v) is 3.30. The summed E-state index contributed by atoms with van der Waals surface area (Å²) in [5, 5.41) is 2.95. The van der Waals surface area contributed by atoms with Crippen LogP contribution in [0.1, 0.15) is 32.3 Å². The van der Waals surface area contributed by atoms with Crippen molar-refractivity contribution in [2.75, 3.05) is 5.32 Å². The molecule has 0 aliphatic heterocycles. The van der Waals surface area contributed by atoms with Crippen LogP contribution in [0.15, 0.2) is 51.4 Å². The van der Waals surface area contributed by atoms with Crippen molar-refractivity contribution in [3.05, 3.63) is 57.0 Å². The first kappa shape index (κ1) is 18.0. The highest BCUT2D eigenvalue weighted by Gasteiger charge is 2.18. The topological polar surface area (TPSA) is 38.3 Å². The summed E-state index contributed by atoms with van der Waals surface area (Å²) in [6.45, 7) is 5.94. The van der Waals surface area contributed by atoms with Crippen LogP contribution in [0.4, 0.5) is 5.69 Å². The minimum Gasteiger partial charge on any atom is -0.480 e. The van der Waals surface area contributed by atoms with Crippen LogP contribution < -0.4 is 10.1 Å². The molecule has 0 aliphatic carbocycles. The number of anilines is 1. The maximum absolute atomic E-state index is 12.4. The van der Waals surface area contributed by atoms with Crippen LogP contribution in [0.3, 0.4) is 0 Å². The van der Waals surface area contributed by atoms with Gasteiger partial charge in [-0.25, -0.2) is 0 Å². The minimum atomic E-state index is -0.604. The van der Waals surface area contributed by atoms with Gasteiger partial charge in [0.15, 0.2) is 6.10 Å². The van der Waals surface area contributed by atoms with Gasteiger partial charge in [-0.05, 0) is 58.6 Å². The van der Waals surface area contributed by atoms with E-state index in [2.05, 4.69) is 51.0 Å². The molecule has 0 spiro atoms. The van der Waals surface area contributed by atoms with Crippen molar-refractivity contribution in [1.29, 1.82) is 0 Å². The average molecular weight is 441 g/mol. The van der Waals surface area contributed by atoms with Crippen LogP contribution in [-0.4, -0.2) is 12.0 Å². The molecule has 23 heavy (non-hydrogen) atoms. The molecule has 2 rings (SSSR count). The third-order valence-corrected chi connectivity index (χ3v) is 4.52. The highest BCUT2D eigenvalue weighted by molar-refractivity contribution is 9.11. The van der Waals surface area contributed by atoms with Gasteiger partial charge in [0.05, 0.1) is 4.47 Å². The van der Waals surface area contributed by atoms with E-state index in [9.17, 15) is 4.79 Å². The Balaban J connectivity index is 2.09. The second-order valence-electron chi connectivity index (χ2n) is 5.57. The van der Waals surface area contributed by atoms with E-state index in [0.29, 0.717) is 11.7 Å². The van der Waals surface area contributed by atoms with Crippen LogP contribution in [0.5, 0.6) is 5.75 Å². The van der Waals surface area contributed by atoms with E-state index in [-0.39, 0.29) is 5.91 Å². The average Bonchev–Trinajstić information content (AvgIpc) is 2.50. The van der Waals surface area contributed by atoms with Gasteiger partial charge in [0.2, 0.25) is 0 Å². The minimum absolute atomic E-state index is 0.173. The Kier molecular flexibility index (Phi) is 6.25. The van der Waals surface area contributed by atoms with Crippen molar-refractivity contribution < 1.29 is 9.53 Å². The van der Waals surface area contributed by atoms with Crippen molar-refractivity contribution >= 4 is 43.5 Å². The number of rotatable bonds is 5. The zero-order valence-electron chi connectivity index (χ0n) is 13.3. The Morgan fingerprint density at radius 2 is 1.78 bits per heavy atom. The molecule has 0 aliphatic rings. The van der Waals surface area contributed by atoms with Gasteiger partial charge < -0.3 is 10.1 Å². The van der Waals surface area contributed by atoms with Gasteiger partial charge >= 0.3 is 0 Å². The first-order valence-corrected chi connectivity index (χ1v) is 8.98. The summed E-state index contributed by atoms with van der Waals surface area (Å²) in [6, 6.07) is 13.4. The maximum atomic E-state index is 12.4. The number of carbonyl (C=O) groups is 1. The molecule has 1 amide bonds. The summed E-state index contributed by atoms with van der Waals surface area (Å²) in [5.41, 5.74) is 1.94. The van der Waals surface area contributed by atoms with Gasteiger partial charge in [-0.2, -0.15) is 0 Å². The summed E-state index contributed by atoms with van der Waals surface area (Å²) >= 11 is 6.83. The van der Waals surface area contributed by atoms with Crippen LogP contribution in [-0.2, 0) is 4.79 Å². The molecule has 2 aromatic rings. The molecule has 0 fully saturated rings. The highest BCUT2D eigenvalue weighted by Crippen LogP contribution is 2.29. The number of hydrogen-bond donors (Lipinski definition) is 1. The number of halogens is 2. The van der Waals surface area contributed by atoms with E-state index in [1.165, 1.54) is 0 Å². The number of hydrogen-bond acceptors (Lipinski definition) is 2. The quantitative estimate of drug-likeness (QED) is 0.643. The van der Waals surface area contributed by atoms with Crippen LogP contribution in [0, 0.1) is 0 Å². The number of nitrogens with one attached hydrogen (secondary N) is 1. The van der Waals surface area contributed by atoms with Gasteiger partial charge in [0, 0.05) is 10.2 Å². The van der Waals surface area contributed by atoms with Crippen LogP contribution in [0.2, 0.25) is 0 Å². The van der Waals surface area contributed by atoms with E-state index < -0.39 is 6.10 Å². The third kappa shape index (κ3) is 4.82. The fraction of sp³-hybridized carbons (Fsp3) is 0.278. The number of carbonyl (C=O) groups excluding carboxylic acids is 1. The molecule has 0 saturated heterocycles. The Morgan fingerprint density at radius 1 is 1.09 bits per heavy atom. The SMILES string of the molecule is CC(C)c1ccccc1NC(=O)[C@@H](C)Oc1ccc(Br)cc1Br. The lowest BCUT2D eigenvalue weighted by atomic mass is 10.0. The van der Waals surface area contributed by atoms with E-state index in [1.807, 2.05) is 42.5 Å². The Bertz CT molecular complexity index is 701. The molecule has 5 heteroatoms. The summed E-state index contributed by atoms with van der Waals surface area (Å²) < 4.78 is 7.50. The number of amides is 1. The monoisotopic (exact) mass is 439 g/mol. The number of benzene rings is 2. The molecule has 1 atom stereocenters. The van der Waals surface area contributed by atoms with Gasteiger partial charge in [0.1, 0.15) is 5.75 Å². The van der Waals surface area contributed by atoms with Crippen molar-refractivity contribution in [2.24, 2.45) is 0 Å². The van der Waals surface area contributed by atoms with Crippen molar-refractivity contribution in [3.8, 4) is 5.75 Å². The standard InChI is InChI=1S/C18H19Br2NO2/c1-11(2)14-6-4-5-7-16(14)21-18(22)12(3)23-17-9-8-13(19)10-15(17)20/h4-12H,1-3H3,(H,21,22)/t12-/m1/s1. The molecule has 0 bridgehead atoms. The molecule has 122 valence electrons. The van der Waals surface area contributed by atoms with Crippen molar-refractivity contribution in [1.82, 2.24) is 0 Å². The molecular formula is C18H19Br2NO2. The van der Waals surface area contributed by atoms with E-state index in [0.717, 1.165) is 20.2 Å². The Morgan fingerprint density at radius 3 is 2.43 bits per heavy atom. The van der Waals surface area contributed by atoms with Crippen LogP contribution in [0.25, 0.3) is 0 Å². The van der Waals surface area contributed by atoms with E-state index in [4.69, 9.17) is 4.74 Å². The molecule has 2 aromatic carbocycles. The summed E-state index contributed by atoms with van der Waals surface area (Å²) in [4.78, 5) is 12.4. The number of ether oxygens (including phenoxy) is 1. The summed E-state index contributed by atoms with van der Waals surface area (Å²) in [7, 11) is 0. The predicted octanol–water partition coefficient (Wildman–Crippen LogP) is 5.74. The number of para-hydroxylation sites is 1. The Labute approximate surface area is 153 Å². The molecule has 0 unspecified atom stereocenters. The summed E-state index contributed by atoms with van der Waals surface area (Å²) in [5.74, 6) is 0.796. The van der Waals surface area contributed by atoms with Crippen LogP contribution >= 0.6 is 31.9 Å². The molecular weight excluding hydrogens is 422 g/mol. The molecule has 1 N–H and O–H groups in total. The smallest absolute Gasteiger partial charge is 0.265 e. The molecule has 0 aromatic heterocycles. The second kappa shape index (κ2) is 7.97. The molecule has 3 nitrogen and oxygen atoms in total. The Hall–Kier alpha value is -1.33. The van der Waals surface area contributed by atoms with E-state index in [1.54, 1.807) is 6.92 Å². The van der Waals surface area contributed by atoms with Gasteiger partial charge in [-0.15, -0.1) is 0 Å². The third-order valence-electron chi connectivity index (χ3n) is 3.41. The van der Waals surface area contributed by atoms with Gasteiger partial charge in [0.25, 0.3) is 5.91 Å². The fourth-order valence-electron chi connectivity index (χ4n) is 2.16. The van der Waals surface area contributed by atoms with Gasteiger partial charge in [-0.1, -0.05) is 48.0 Å². The van der Waals surface area contributed by atoms with Crippen molar-refractivity contribution in [3.63, 3.8) is 0 Å². The lowest BCUT2D eigenvalue weighted by Crippen LogP contribution is -2.30. The highest BCUT2D eigenvalue weighted by atomic mass is 79.9. The molecule has 0 heterocycles. The van der Waals surface area contributed by atoms with Gasteiger partial charge in [-0.3, -0.25) is 4.79 Å². The van der Waals surface area contributed by atoms with E-state index >= 15 is 0 Å². The second-order valence-corrected chi connectivity index (χ2v) is 7.34. The summed E-state index contributed by atoms with van der Waals surface area (Å²) in [6.07, 6.45) is -0.604. The lowest BCUT2D eigenvalue weighted by Gasteiger charge is -2.18. The molecule has 0 radical (unpaired) electrons. The van der Waals surface area contributed by atoms with Crippen molar-refractivity contribution in [2.45, 2.75) is 32.8 Å². The maximum Gasteiger partial charge on any atom is 0.265 e. The lowest BCUT2D eigenvalue weighted by molar-refractivity contribution is -0.122. The normalized spacial score (nSPS) is 12.1. The molecule has 0 saturated carbocycles. The zero-order valence-corrected chi connectivity index (χ0v) is 16.4.